The van der Waals surface area contributed by atoms with Crippen LogP contribution in [0, 0.1) is 0 Å². The average molecular weight is 249 g/mol. The summed E-state index contributed by atoms with van der Waals surface area (Å²) in [6.45, 7) is 2.46. The Balaban J connectivity index is 2.26. The average Bonchev–Trinajstić information content (AvgIpc) is 2.38. The molecule has 0 bridgehead atoms. The Hall–Kier alpha value is -1.55. The Kier molecular flexibility index (Phi) is 3.57. The second kappa shape index (κ2) is 4.98. The predicted octanol–water partition coefficient (Wildman–Crippen LogP) is 2.01. The van der Waals surface area contributed by atoms with Gasteiger partial charge < -0.3 is 15.2 Å². The highest BCUT2D eigenvalue weighted by molar-refractivity contribution is 5.78. The molecule has 0 saturated carbocycles. The summed E-state index contributed by atoms with van der Waals surface area (Å²) in [4.78, 5) is 11.3. The van der Waals surface area contributed by atoms with Crippen LogP contribution in [0.25, 0.3) is 0 Å². The van der Waals surface area contributed by atoms with Gasteiger partial charge in [-0.2, -0.15) is 0 Å². The summed E-state index contributed by atoms with van der Waals surface area (Å²) >= 11 is 0. The predicted molar refractivity (Wildman–Crippen MR) is 69.0 cm³/mol. The molecule has 1 aliphatic rings. The number of carboxylic acid groups (broad SMARTS) is 1. The molecule has 18 heavy (non-hydrogen) atoms. The second-order valence-electron chi connectivity index (χ2n) is 5.00. The molecular weight excluding hydrogens is 230 g/mol. The van der Waals surface area contributed by atoms with Gasteiger partial charge in [0.2, 0.25) is 0 Å². The van der Waals surface area contributed by atoms with Crippen molar-refractivity contribution in [1.82, 2.24) is 5.32 Å². The topological polar surface area (TPSA) is 58.6 Å². The molecule has 0 aromatic heterocycles. The van der Waals surface area contributed by atoms with Crippen LogP contribution in [0.15, 0.2) is 24.3 Å². The zero-order valence-corrected chi connectivity index (χ0v) is 10.8. The minimum Gasteiger partial charge on any atom is -0.496 e. The number of hydrogen-bond acceptors (Lipinski definition) is 3. The molecule has 1 fully saturated rings. The van der Waals surface area contributed by atoms with E-state index in [9.17, 15) is 9.90 Å². The number of piperidine rings is 1. The third kappa shape index (κ3) is 2.34. The summed E-state index contributed by atoms with van der Waals surface area (Å²) in [7, 11) is 1.65. The maximum Gasteiger partial charge on any atom is 0.323 e. The number of aliphatic carboxylic acids is 1. The molecule has 2 N–H and O–H groups in total. The van der Waals surface area contributed by atoms with E-state index in [1.54, 1.807) is 14.0 Å². The van der Waals surface area contributed by atoms with Crippen LogP contribution in [0.2, 0.25) is 0 Å². The minimum absolute atomic E-state index is 0.225. The molecule has 1 aliphatic heterocycles. The lowest BCUT2D eigenvalue weighted by atomic mass is 9.79. The van der Waals surface area contributed by atoms with Gasteiger partial charge in [0.25, 0.3) is 0 Å². The van der Waals surface area contributed by atoms with Crippen molar-refractivity contribution in [2.75, 3.05) is 13.7 Å². The molecule has 0 aliphatic carbocycles. The molecule has 2 atom stereocenters. The van der Waals surface area contributed by atoms with Gasteiger partial charge in [0.1, 0.15) is 11.3 Å². The molecule has 4 nitrogen and oxygen atoms in total. The van der Waals surface area contributed by atoms with E-state index < -0.39 is 11.5 Å². The van der Waals surface area contributed by atoms with Crippen molar-refractivity contribution in [3.63, 3.8) is 0 Å². The molecule has 4 heteroatoms. The Labute approximate surface area is 107 Å². The van der Waals surface area contributed by atoms with Gasteiger partial charge in [-0.05, 0) is 43.9 Å². The fourth-order valence-corrected chi connectivity index (χ4v) is 2.62. The lowest BCUT2D eigenvalue weighted by Crippen LogP contribution is -2.53. The highest BCUT2D eigenvalue weighted by Crippen LogP contribution is 2.37. The third-order valence-electron chi connectivity index (χ3n) is 3.71. The molecule has 1 aromatic carbocycles. The number of hydrogen-bond donors (Lipinski definition) is 2. The summed E-state index contributed by atoms with van der Waals surface area (Å²) < 4.78 is 5.36. The first-order valence-electron chi connectivity index (χ1n) is 6.18. The van der Waals surface area contributed by atoms with Crippen molar-refractivity contribution in [2.45, 2.75) is 31.2 Å². The number of carboxylic acids is 1. The van der Waals surface area contributed by atoms with Gasteiger partial charge in [-0.25, -0.2) is 0 Å². The summed E-state index contributed by atoms with van der Waals surface area (Å²) in [6.07, 6.45) is 1.52. The van der Waals surface area contributed by atoms with Gasteiger partial charge in [-0.1, -0.05) is 18.2 Å². The van der Waals surface area contributed by atoms with E-state index in [4.69, 9.17) is 4.74 Å². The zero-order chi connectivity index (χ0) is 13.2. The molecule has 2 unspecified atom stereocenters. The smallest absolute Gasteiger partial charge is 0.323 e. The van der Waals surface area contributed by atoms with Gasteiger partial charge in [0, 0.05) is 0 Å². The molecule has 1 aromatic rings. The molecule has 98 valence electrons. The van der Waals surface area contributed by atoms with Gasteiger partial charge in [-0.15, -0.1) is 0 Å². The summed E-state index contributed by atoms with van der Waals surface area (Å²) in [5.74, 6) is 0.280. The van der Waals surface area contributed by atoms with Crippen LogP contribution in [0.4, 0.5) is 0 Å². The maximum atomic E-state index is 11.3. The van der Waals surface area contributed by atoms with Crippen LogP contribution in [-0.4, -0.2) is 30.3 Å². The molecule has 1 saturated heterocycles. The number of benzene rings is 1. The number of nitrogens with one attached hydrogen (secondary N) is 1. The van der Waals surface area contributed by atoms with Crippen LogP contribution in [0.5, 0.6) is 5.75 Å². The lowest BCUT2D eigenvalue weighted by Gasteiger charge is -2.36. The van der Waals surface area contributed by atoms with E-state index in [0.717, 1.165) is 17.7 Å². The van der Waals surface area contributed by atoms with Crippen molar-refractivity contribution in [2.24, 2.45) is 0 Å². The largest absolute Gasteiger partial charge is 0.496 e. The Morgan fingerprint density at radius 3 is 2.89 bits per heavy atom. The van der Waals surface area contributed by atoms with Gasteiger partial charge in [0.05, 0.1) is 7.11 Å². The van der Waals surface area contributed by atoms with E-state index in [1.165, 1.54) is 0 Å². The van der Waals surface area contributed by atoms with Gasteiger partial charge in [0.15, 0.2) is 0 Å². The summed E-state index contributed by atoms with van der Waals surface area (Å²) in [6, 6.07) is 7.85. The number of carbonyl (C=O) groups is 1. The fourth-order valence-electron chi connectivity index (χ4n) is 2.62. The van der Waals surface area contributed by atoms with Crippen molar-refractivity contribution in [1.29, 1.82) is 0 Å². The SMILES string of the molecule is COc1ccccc1C1CCNC(C)(C(=O)O)C1. The number of ether oxygens (including phenoxy) is 1. The van der Waals surface area contributed by atoms with Crippen LogP contribution >= 0.6 is 0 Å². The highest BCUT2D eigenvalue weighted by atomic mass is 16.5. The first-order chi connectivity index (χ1) is 8.57. The van der Waals surface area contributed by atoms with Crippen LogP contribution in [-0.2, 0) is 4.79 Å². The molecule has 0 radical (unpaired) electrons. The fraction of sp³-hybridized carbons (Fsp3) is 0.500. The Bertz CT molecular complexity index is 446. The van der Waals surface area contributed by atoms with Crippen LogP contribution in [0.1, 0.15) is 31.2 Å². The van der Waals surface area contributed by atoms with E-state index in [0.29, 0.717) is 13.0 Å². The first kappa shape index (κ1) is 12.9. The first-order valence-corrected chi connectivity index (χ1v) is 6.18. The van der Waals surface area contributed by atoms with E-state index in [2.05, 4.69) is 5.32 Å². The highest BCUT2D eigenvalue weighted by Gasteiger charge is 2.39. The quantitative estimate of drug-likeness (QED) is 0.860. The normalized spacial score (nSPS) is 27.8. The van der Waals surface area contributed by atoms with Crippen molar-refractivity contribution in [3.05, 3.63) is 29.8 Å². The standard InChI is InChI=1S/C14H19NO3/c1-14(13(16)17)9-10(7-8-15-14)11-5-3-4-6-12(11)18-2/h3-6,10,15H,7-9H2,1-2H3,(H,16,17). The Morgan fingerprint density at radius 2 is 2.22 bits per heavy atom. The second-order valence-corrected chi connectivity index (χ2v) is 5.00. The number of rotatable bonds is 3. The summed E-state index contributed by atoms with van der Waals surface area (Å²) in [5.41, 5.74) is 0.262. The molecule has 2 rings (SSSR count). The van der Waals surface area contributed by atoms with Gasteiger partial charge in [-0.3, -0.25) is 4.79 Å². The van der Waals surface area contributed by atoms with Crippen molar-refractivity contribution >= 4 is 5.97 Å². The monoisotopic (exact) mass is 249 g/mol. The maximum absolute atomic E-state index is 11.3. The minimum atomic E-state index is -0.843. The van der Waals surface area contributed by atoms with E-state index in [-0.39, 0.29) is 5.92 Å². The molecule has 0 spiro atoms. The van der Waals surface area contributed by atoms with E-state index >= 15 is 0 Å². The summed E-state index contributed by atoms with van der Waals surface area (Å²) in [5, 5.41) is 12.4. The molecule has 1 heterocycles. The van der Waals surface area contributed by atoms with Gasteiger partial charge >= 0.3 is 5.97 Å². The molecular formula is C14H19NO3. The Morgan fingerprint density at radius 1 is 1.50 bits per heavy atom. The van der Waals surface area contributed by atoms with Crippen molar-refractivity contribution in [3.8, 4) is 5.75 Å². The van der Waals surface area contributed by atoms with Crippen molar-refractivity contribution < 1.29 is 14.6 Å². The van der Waals surface area contributed by atoms with E-state index in [1.807, 2.05) is 24.3 Å². The number of methoxy groups -OCH3 is 1. The number of para-hydroxylation sites is 1. The van der Waals surface area contributed by atoms with Crippen LogP contribution in [0.3, 0.4) is 0 Å². The molecule has 0 amide bonds. The third-order valence-corrected chi connectivity index (χ3v) is 3.71. The van der Waals surface area contributed by atoms with Crippen LogP contribution < -0.4 is 10.1 Å². The lowest BCUT2D eigenvalue weighted by molar-refractivity contribution is -0.145. The zero-order valence-electron chi connectivity index (χ0n) is 10.8.